The molecule has 0 bridgehead atoms. The molecule has 0 saturated carbocycles. The predicted octanol–water partition coefficient (Wildman–Crippen LogP) is 1.40. The van der Waals surface area contributed by atoms with Crippen LogP contribution in [-0.4, -0.2) is 25.6 Å². The van der Waals surface area contributed by atoms with Crippen LogP contribution in [0.3, 0.4) is 0 Å². The van der Waals surface area contributed by atoms with E-state index in [0.29, 0.717) is 12.4 Å². The quantitative estimate of drug-likeness (QED) is 0.383. The van der Waals surface area contributed by atoms with E-state index < -0.39 is 0 Å². The summed E-state index contributed by atoms with van der Waals surface area (Å²) in [6.45, 7) is 2.23. The lowest BCUT2D eigenvalue weighted by atomic mass is 10.2. The largest absolute Gasteiger partial charge is 0.492 e. The molecule has 0 heterocycles. The van der Waals surface area contributed by atoms with Gasteiger partial charge in [-0.2, -0.15) is 10.5 Å². The first kappa shape index (κ1) is 12.1. The van der Waals surface area contributed by atoms with Crippen molar-refractivity contribution >= 4 is 0 Å². The van der Waals surface area contributed by atoms with E-state index in [1.165, 1.54) is 0 Å². The number of hydrogen-bond acceptors (Lipinski definition) is 4. The lowest BCUT2D eigenvalue weighted by molar-refractivity contribution is 0.240. The van der Waals surface area contributed by atoms with E-state index in [-0.39, 0.29) is 5.57 Å². The number of allylic oxidation sites excluding steroid dienone is 2. The van der Waals surface area contributed by atoms with E-state index in [9.17, 15) is 0 Å². The lowest BCUT2D eigenvalue weighted by Crippen LogP contribution is -2.01. The SMILES string of the molecule is CCOC(/C=C/N(C)C)=C(C#N)C#N. The zero-order chi connectivity index (χ0) is 11.0. The maximum Gasteiger partial charge on any atom is 0.171 e. The van der Waals surface area contributed by atoms with Crippen molar-refractivity contribution in [2.45, 2.75) is 6.92 Å². The Morgan fingerprint density at radius 3 is 2.29 bits per heavy atom. The van der Waals surface area contributed by atoms with Crippen molar-refractivity contribution in [1.29, 1.82) is 10.5 Å². The van der Waals surface area contributed by atoms with Crippen LogP contribution in [0.25, 0.3) is 0 Å². The molecule has 0 aliphatic rings. The number of nitrogens with zero attached hydrogens (tertiary/aromatic N) is 3. The van der Waals surface area contributed by atoms with E-state index in [4.69, 9.17) is 15.3 Å². The van der Waals surface area contributed by atoms with Crippen molar-refractivity contribution in [3.8, 4) is 12.1 Å². The average molecular weight is 191 g/mol. The summed E-state index contributed by atoms with van der Waals surface area (Å²) in [4.78, 5) is 1.80. The highest BCUT2D eigenvalue weighted by Gasteiger charge is 2.02. The first-order chi connectivity index (χ1) is 6.65. The lowest BCUT2D eigenvalue weighted by Gasteiger charge is -2.06. The molecule has 4 nitrogen and oxygen atoms in total. The van der Waals surface area contributed by atoms with Crippen LogP contribution in [0.15, 0.2) is 23.6 Å². The molecular weight excluding hydrogens is 178 g/mol. The van der Waals surface area contributed by atoms with Gasteiger partial charge < -0.3 is 9.64 Å². The van der Waals surface area contributed by atoms with Crippen LogP contribution in [0.5, 0.6) is 0 Å². The molecular formula is C10H13N3O. The molecule has 0 aromatic carbocycles. The number of hydrogen-bond donors (Lipinski definition) is 0. The highest BCUT2D eigenvalue weighted by molar-refractivity contribution is 5.41. The number of nitriles is 2. The summed E-state index contributed by atoms with van der Waals surface area (Å²) < 4.78 is 5.16. The van der Waals surface area contributed by atoms with Crippen LogP contribution in [-0.2, 0) is 4.74 Å². The van der Waals surface area contributed by atoms with Gasteiger partial charge in [-0.1, -0.05) is 0 Å². The average Bonchev–Trinajstić information content (AvgIpc) is 2.15. The molecule has 0 unspecified atom stereocenters. The zero-order valence-corrected chi connectivity index (χ0v) is 8.61. The monoisotopic (exact) mass is 191 g/mol. The third-order valence-electron chi connectivity index (χ3n) is 1.29. The van der Waals surface area contributed by atoms with Gasteiger partial charge in [0, 0.05) is 20.3 Å². The van der Waals surface area contributed by atoms with Gasteiger partial charge in [0.2, 0.25) is 0 Å². The second-order valence-electron chi connectivity index (χ2n) is 2.68. The van der Waals surface area contributed by atoms with Gasteiger partial charge in [-0.05, 0) is 13.0 Å². The predicted molar refractivity (Wildman–Crippen MR) is 52.7 cm³/mol. The molecule has 0 radical (unpaired) electrons. The van der Waals surface area contributed by atoms with Gasteiger partial charge in [0.1, 0.15) is 17.9 Å². The minimum absolute atomic E-state index is 0.00931. The smallest absolute Gasteiger partial charge is 0.171 e. The Morgan fingerprint density at radius 1 is 1.36 bits per heavy atom. The summed E-state index contributed by atoms with van der Waals surface area (Å²) >= 11 is 0. The Morgan fingerprint density at radius 2 is 1.93 bits per heavy atom. The molecule has 0 aromatic rings. The van der Waals surface area contributed by atoms with Gasteiger partial charge in [0.25, 0.3) is 0 Å². The maximum atomic E-state index is 8.63. The third kappa shape index (κ3) is 4.18. The molecule has 0 spiro atoms. The molecule has 0 aliphatic carbocycles. The van der Waals surface area contributed by atoms with Crippen molar-refractivity contribution in [1.82, 2.24) is 4.90 Å². The second-order valence-corrected chi connectivity index (χ2v) is 2.68. The molecule has 0 aromatic heterocycles. The van der Waals surface area contributed by atoms with Gasteiger partial charge in [-0.15, -0.1) is 0 Å². The molecule has 0 aliphatic heterocycles. The normalized spacial score (nSPS) is 8.93. The Bertz CT molecular complexity index is 299. The topological polar surface area (TPSA) is 60.0 Å². The van der Waals surface area contributed by atoms with Crippen LogP contribution >= 0.6 is 0 Å². The van der Waals surface area contributed by atoms with Crippen LogP contribution < -0.4 is 0 Å². The van der Waals surface area contributed by atoms with Crippen molar-refractivity contribution in [2.75, 3.05) is 20.7 Å². The van der Waals surface area contributed by atoms with Gasteiger partial charge in [-0.25, -0.2) is 0 Å². The summed E-state index contributed by atoms with van der Waals surface area (Å²) in [7, 11) is 3.69. The minimum atomic E-state index is -0.00931. The standard InChI is InChI=1S/C10H13N3O/c1-4-14-10(5-6-13(2)3)9(7-11)8-12/h5-6H,4H2,1-3H3/b6-5+. The molecule has 0 atom stereocenters. The van der Waals surface area contributed by atoms with Crippen molar-refractivity contribution in [2.24, 2.45) is 0 Å². The highest BCUT2D eigenvalue weighted by atomic mass is 16.5. The van der Waals surface area contributed by atoms with Crippen LogP contribution in [0.4, 0.5) is 0 Å². The van der Waals surface area contributed by atoms with Crippen molar-refractivity contribution in [3.63, 3.8) is 0 Å². The fourth-order valence-electron chi connectivity index (χ4n) is 0.711. The minimum Gasteiger partial charge on any atom is -0.492 e. The van der Waals surface area contributed by atoms with E-state index in [0.717, 1.165) is 0 Å². The Hall–Kier alpha value is -1.94. The summed E-state index contributed by atoms with van der Waals surface area (Å²) in [5.41, 5.74) is -0.00931. The fourth-order valence-corrected chi connectivity index (χ4v) is 0.711. The molecule has 0 N–H and O–H groups in total. The summed E-state index contributed by atoms with van der Waals surface area (Å²) in [6.07, 6.45) is 3.32. The fraction of sp³-hybridized carbons (Fsp3) is 0.400. The van der Waals surface area contributed by atoms with E-state index in [2.05, 4.69) is 0 Å². The van der Waals surface area contributed by atoms with Crippen LogP contribution in [0.1, 0.15) is 6.92 Å². The second kappa shape index (κ2) is 6.56. The molecule has 14 heavy (non-hydrogen) atoms. The Balaban J connectivity index is 4.87. The molecule has 0 saturated heterocycles. The first-order valence-corrected chi connectivity index (χ1v) is 4.17. The molecule has 74 valence electrons. The first-order valence-electron chi connectivity index (χ1n) is 4.17. The van der Waals surface area contributed by atoms with Gasteiger partial charge in [0.15, 0.2) is 5.57 Å². The molecule has 0 rings (SSSR count). The van der Waals surface area contributed by atoms with E-state index in [1.807, 2.05) is 14.1 Å². The Kier molecular flexibility index (Phi) is 5.65. The van der Waals surface area contributed by atoms with Crippen LogP contribution in [0.2, 0.25) is 0 Å². The van der Waals surface area contributed by atoms with Crippen LogP contribution in [0, 0.1) is 22.7 Å². The molecule has 0 fully saturated rings. The third-order valence-corrected chi connectivity index (χ3v) is 1.29. The van der Waals surface area contributed by atoms with Gasteiger partial charge in [0.05, 0.1) is 6.61 Å². The number of rotatable bonds is 4. The van der Waals surface area contributed by atoms with Gasteiger partial charge in [-0.3, -0.25) is 0 Å². The van der Waals surface area contributed by atoms with Crippen molar-refractivity contribution < 1.29 is 4.74 Å². The summed E-state index contributed by atoms with van der Waals surface area (Å²) in [5.74, 6) is 0.311. The van der Waals surface area contributed by atoms with E-state index in [1.54, 1.807) is 36.2 Å². The molecule has 0 amide bonds. The summed E-state index contributed by atoms with van der Waals surface area (Å²) in [6, 6.07) is 3.57. The zero-order valence-electron chi connectivity index (χ0n) is 8.61. The van der Waals surface area contributed by atoms with Gasteiger partial charge >= 0.3 is 0 Å². The van der Waals surface area contributed by atoms with E-state index >= 15 is 0 Å². The Labute approximate surface area is 84.3 Å². The number of ether oxygens (including phenoxy) is 1. The summed E-state index contributed by atoms with van der Waals surface area (Å²) in [5, 5.41) is 17.3. The molecule has 4 heteroatoms. The maximum absolute atomic E-state index is 8.63. The van der Waals surface area contributed by atoms with Crippen molar-refractivity contribution in [3.05, 3.63) is 23.6 Å². The highest BCUT2D eigenvalue weighted by Crippen LogP contribution is 2.06.